The number of carbonyl (C=O) groups excluding carboxylic acids is 2. The maximum atomic E-state index is 12.0. The van der Waals surface area contributed by atoms with Crippen LogP contribution >= 0.6 is 0 Å². The Kier molecular flexibility index (Phi) is 3.14. The Morgan fingerprint density at radius 1 is 1.39 bits per heavy atom. The van der Waals surface area contributed by atoms with Gasteiger partial charge in [-0.2, -0.15) is 0 Å². The predicted octanol–water partition coefficient (Wildman–Crippen LogP) is -0.493. The van der Waals surface area contributed by atoms with E-state index in [0.717, 1.165) is 6.42 Å². The number of carboxylic acids is 1. The SMILES string of the molecule is CC(NC(=O)N1C2CCC1C(C(=O)O)C2)C(N)=O. The summed E-state index contributed by atoms with van der Waals surface area (Å²) in [5, 5.41) is 11.6. The number of rotatable bonds is 3. The lowest BCUT2D eigenvalue weighted by Crippen LogP contribution is -2.50. The van der Waals surface area contributed by atoms with Crippen molar-refractivity contribution in [1.82, 2.24) is 10.2 Å². The normalized spacial score (nSPS) is 31.2. The molecule has 2 aliphatic rings. The Morgan fingerprint density at radius 3 is 2.56 bits per heavy atom. The van der Waals surface area contributed by atoms with Crippen molar-refractivity contribution >= 4 is 17.9 Å². The van der Waals surface area contributed by atoms with E-state index in [1.807, 2.05) is 0 Å². The summed E-state index contributed by atoms with van der Waals surface area (Å²) in [5.41, 5.74) is 5.08. The van der Waals surface area contributed by atoms with Crippen LogP contribution in [0.25, 0.3) is 0 Å². The summed E-state index contributed by atoms with van der Waals surface area (Å²) in [6.45, 7) is 1.51. The Bertz CT molecular complexity index is 398. The first-order valence-electron chi connectivity index (χ1n) is 6.02. The van der Waals surface area contributed by atoms with Crippen LogP contribution < -0.4 is 11.1 Å². The summed E-state index contributed by atoms with van der Waals surface area (Å²) < 4.78 is 0. The van der Waals surface area contributed by atoms with E-state index in [-0.39, 0.29) is 12.1 Å². The molecule has 7 nitrogen and oxygen atoms in total. The zero-order valence-electron chi connectivity index (χ0n) is 10.1. The average molecular weight is 255 g/mol. The smallest absolute Gasteiger partial charge is 0.318 e. The van der Waals surface area contributed by atoms with Gasteiger partial charge in [0.05, 0.1) is 5.92 Å². The summed E-state index contributed by atoms with van der Waals surface area (Å²) in [7, 11) is 0. The third-order valence-electron chi connectivity index (χ3n) is 3.86. The fraction of sp³-hybridized carbons (Fsp3) is 0.727. The highest BCUT2D eigenvalue weighted by Gasteiger charge is 2.51. The predicted molar refractivity (Wildman–Crippen MR) is 61.6 cm³/mol. The van der Waals surface area contributed by atoms with Crippen molar-refractivity contribution in [2.24, 2.45) is 11.7 Å². The molecule has 3 amide bonds. The van der Waals surface area contributed by atoms with Crippen LogP contribution in [0.15, 0.2) is 0 Å². The lowest BCUT2D eigenvalue weighted by molar-refractivity contribution is -0.142. The minimum Gasteiger partial charge on any atom is -0.481 e. The molecule has 2 saturated heterocycles. The number of hydrogen-bond acceptors (Lipinski definition) is 3. The van der Waals surface area contributed by atoms with Crippen LogP contribution in [0.2, 0.25) is 0 Å². The molecule has 4 atom stereocenters. The molecular weight excluding hydrogens is 238 g/mol. The molecule has 7 heteroatoms. The van der Waals surface area contributed by atoms with Crippen molar-refractivity contribution < 1.29 is 19.5 Å². The molecule has 2 rings (SSSR count). The first-order chi connectivity index (χ1) is 8.41. The topological polar surface area (TPSA) is 113 Å². The van der Waals surface area contributed by atoms with Crippen molar-refractivity contribution in [1.29, 1.82) is 0 Å². The van der Waals surface area contributed by atoms with E-state index in [2.05, 4.69) is 5.32 Å². The minimum atomic E-state index is -0.858. The van der Waals surface area contributed by atoms with Gasteiger partial charge in [0.2, 0.25) is 5.91 Å². The van der Waals surface area contributed by atoms with E-state index in [9.17, 15) is 14.4 Å². The third-order valence-corrected chi connectivity index (χ3v) is 3.86. The number of urea groups is 1. The Labute approximate surface area is 104 Å². The minimum absolute atomic E-state index is 0.0313. The number of carboxylic acid groups (broad SMARTS) is 1. The second-order valence-electron chi connectivity index (χ2n) is 4.96. The molecule has 2 bridgehead atoms. The zero-order chi connectivity index (χ0) is 13.4. The first kappa shape index (κ1) is 12.7. The Hall–Kier alpha value is -1.79. The van der Waals surface area contributed by atoms with Crippen molar-refractivity contribution in [3.63, 3.8) is 0 Å². The van der Waals surface area contributed by atoms with Crippen LogP contribution in [-0.4, -0.2) is 46.0 Å². The standard InChI is InChI=1S/C11H17N3O4/c1-5(9(12)15)13-11(18)14-6-2-3-8(14)7(4-6)10(16)17/h5-8H,2-4H2,1H3,(H2,12,15)(H,13,18)(H,16,17). The van der Waals surface area contributed by atoms with Gasteiger partial charge in [0.25, 0.3) is 0 Å². The molecule has 0 saturated carbocycles. The van der Waals surface area contributed by atoms with E-state index in [1.54, 1.807) is 4.90 Å². The Balaban J connectivity index is 2.04. The zero-order valence-corrected chi connectivity index (χ0v) is 10.1. The van der Waals surface area contributed by atoms with Gasteiger partial charge in [0.15, 0.2) is 0 Å². The van der Waals surface area contributed by atoms with Crippen LogP contribution in [0.3, 0.4) is 0 Å². The highest BCUT2D eigenvalue weighted by atomic mass is 16.4. The Morgan fingerprint density at radius 2 is 2.06 bits per heavy atom. The van der Waals surface area contributed by atoms with Gasteiger partial charge in [-0.05, 0) is 26.2 Å². The highest BCUT2D eigenvalue weighted by molar-refractivity contribution is 5.86. The maximum Gasteiger partial charge on any atom is 0.318 e. The lowest BCUT2D eigenvalue weighted by Gasteiger charge is -2.24. The van der Waals surface area contributed by atoms with E-state index < -0.39 is 29.9 Å². The molecule has 0 aromatic heterocycles. The third kappa shape index (κ3) is 2.00. The van der Waals surface area contributed by atoms with Gasteiger partial charge in [-0.1, -0.05) is 0 Å². The summed E-state index contributed by atoms with van der Waals surface area (Å²) >= 11 is 0. The van der Waals surface area contributed by atoms with E-state index in [0.29, 0.717) is 12.8 Å². The molecule has 4 N–H and O–H groups in total. The molecule has 2 aliphatic heterocycles. The summed E-state index contributed by atoms with van der Waals surface area (Å²) in [6.07, 6.45) is 2.03. The molecule has 100 valence electrons. The van der Waals surface area contributed by atoms with Crippen molar-refractivity contribution in [2.75, 3.05) is 0 Å². The van der Waals surface area contributed by atoms with Gasteiger partial charge in [0.1, 0.15) is 6.04 Å². The van der Waals surface area contributed by atoms with E-state index >= 15 is 0 Å². The van der Waals surface area contributed by atoms with E-state index in [1.165, 1.54) is 6.92 Å². The molecule has 0 aromatic carbocycles. The number of nitrogens with zero attached hydrogens (tertiary/aromatic N) is 1. The van der Waals surface area contributed by atoms with Crippen molar-refractivity contribution in [3.05, 3.63) is 0 Å². The first-order valence-corrected chi connectivity index (χ1v) is 6.02. The summed E-state index contributed by atoms with van der Waals surface area (Å²) in [4.78, 5) is 35.5. The van der Waals surface area contributed by atoms with Crippen molar-refractivity contribution in [2.45, 2.75) is 44.3 Å². The monoisotopic (exact) mass is 255 g/mol. The number of fused-ring (bicyclic) bond motifs is 2. The highest BCUT2D eigenvalue weighted by Crippen LogP contribution is 2.41. The van der Waals surface area contributed by atoms with Gasteiger partial charge >= 0.3 is 12.0 Å². The molecule has 2 heterocycles. The van der Waals surface area contributed by atoms with Gasteiger partial charge in [-0.25, -0.2) is 4.79 Å². The van der Waals surface area contributed by atoms with Gasteiger partial charge in [0, 0.05) is 12.1 Å². The average Bonchev–Trinajstić information content (AvgIpc) is 2.85. The largest absolute Gasteiger partial charge is 0.481 e. The molecule has 2 fully saturated rings. The lowest BCUT2D eigenvalue weighted by atomic mass is 9.89. The van der Waals surface area contributed by atoms with E-state index in [4.69, 9.17) is 10.8 Å². The summed E-state index contributed by atoms with van der Waals surface area (Å²) in [6, 6.07) is -1.43. The number of hydrogen-bond donors (Lipinski definition) is 3. The van der Waals surface area contributed by atoms with Gasteiger partial charge < -0.3 is 21.1 Å². The number of nitrogens with one attached hydrogen (secondary N) is 1. The number of primary amides is 1. The molecule has 4 unspecified atom stereocenters. The van der Waals surface area contributed by atoms with Crippen LogP contribution in [-0.2, 0) is 9.59 Å². The van der Waals surface area contributed by atoms with Crippen LogP contribution in [0.1, 0.15) is 26.2 Å². The number of aliphatic carboxylic acids is 1. The number of carbonyl (C=O) groups is 3. The quantitative estimate of drug-likeness (QED) is 0.631. The second-order valence-corrected chi connectivity index (χ2v) is 4.96. The molecule has 0 aliphatic carbocycles. The molecule has 0 radical (unpaired) electrons. The second kappa shape index (κ2) is 4.47. The number of amides is 3. The molecular formula is C11H17N3O4. The fourth-order valence-corrected chi connectivity index (χ4v) is 2.90. The van der Waals surface area contributed by atoms with Crippen LogP contribution in [0.5, 0.6) is 0 Å². The van der Waals surface area contributed by atoms with Crippen molar-refractivity contribution in [3.8, 4) is 0 Å². The molecule has 18 heavy (non-hydrogen) atoms. The maximum absolute atomic E-state index is 12.0. The van der Waals surface area contributed by atoms with Crippen LogP contribution in [0, 0.1) is 5.92 Å². The molecule has 0 aromatic rings. The summed E-state index contributed by atoms with van der Waals surface area (Å²) in [5.74, 6) is -1.95. The number of nitrogens with two attached hydrogens (primary N) is 1. The fourth-order valence-electron chi connectivity index (χ4n) is 2.90. The molecule has 0 spiro atoms. The van der Waals surface area contributed by atoms with Gasteiger partial charge in [-0.15, -0.1) is 0 Å². The van der Waals surface area contributed by atoms with Crippen LogP contribution in [0.4, 0.5) is 4.79 Å². The van der Waals surface area contributed by atoms with Gasteiger partial charge in [-0.3, -0.25) is 9.59 Å².